The fraction of sp³-hybridized carbons (Fsp3) is 0.500. The molecule has 1 aliphatic heterocycles. The number of terminal acetylenes is 1. The Morgan fingerprint density at radius 1 is 1.24 bits per heavy atom. The van der Waals surface area contributed by atoms with Crippen molar-refractivity contribution in [3.8, 4) is 12.3 Å². The normalized spacial score (nSPS) is 16.9. The number of carbonyl (C=O) groups is 1. The topological polar surface area (TPSA) is 41.1 Å². The van der Waals surface area contributed by atoms with Crippen LogP contribution in [0.25, 0.3) is 0 Å². The summed E-state index contributed by atoms with van der Waals surface area (Å²) in [7, 11) is 0. The van der Waals surface area contributed by atoms with Gasteiger partial charge in [0.15, 0.2) is 0 Å². The summed E-state index contributed by atoms with van der Waals surface area (Å²) >= 11 is 0. The van der Waals surface area contributed by atoms with E-state index in [1.54, 1.807) is 0 Å². The van der Waals surface area contributed by atoms with E-state index in [4.69, 9.17) is 6.42 Å². The molecule has 1 aromatic carbocycles. The second-order valence-electron chi connectivity index (χ2n) is 5.62. The maximum absolute atomic E-state index is 12.8. The molecule has 112 valence electrons. The third kappa shape index (κ3) is 3.86. The number of piperidine rings is 1. The number of nitrogens with one attached hydrogen (secondary N) is 2. The Morgan fingerprint density at radius 3 is 2.62 bits per heavy atom. The van der Waals surface area contributed by atoms with Gasteiger partial charge in [0.1, 0.15) is 0 Å². The average molecular weight is 284 g/mol. The van der Waals surface area contributed by atoms with Crippen molar-refractivity contribution in [1.29, 1.82) is 0 Å². The predicted molar refractivity (Wildman–Crippen MR) is 85.9 cm³/mol. The molecule has 1 aliphatic rings. The summed E-state index contributed by atoms with van der Waals surface area (Å²) in [4.78, 5) is 12.8. The molecule has 0 bridgehead atoms. The molecule has 3 heteroatoms. The third-order valence-electron chi connectivity index (χ3n) is 4.25. The van der Waals surface area contributed by atoms with E-state index in [0.29, 0.717) is 6.54 Å². The molecule has 1 saturated heterocycles. The first-order valence-corrected chi connectivity index (χ1v) is 7.77. The van der Waals surface area contributed by atoms with E-state index in [9.17, 15) is 4.79 Å². The number of amides is 1. The van der Waals surface area contributed by atoms with Crippen LogP contribution in [0.15, 0.2) is 30.3 Å². The monoisotopic (exact) mass is 284 g/mol. The lowest BCUT2D eigenvalue weighted by atomic mass is 9.72. The van der Waals surface area contributed by atoms with Crippen LogP contribution >= 0.6 is 0 Å². The lowest BCUT2D eigenvalue weighted by Crippen LogP contribution is -2.50. The highest BCUT2D eigenvalue weighted by Gasteiger charge is 2.40. The van der Waals surface area contributed by atoms with Crippen molar-refractivity contribution in [2.45, 2.75) is 37.5 Å². The van der Waals surface area contributed by atoms with Crippen molar-refractivity contribution in [2.24, 2.45) is 0 Å². The molecular weight excluding hydrogens is 260 g/mol. The molecule has 1 heterocycles. The molecule has 0 unspecified atom stereocenters. The lowest BCUT2D eigenvalue weighted by molar-refractivity contribution is -0.127. The first kappa shape index (κ1) is 15.6. The van der Waals surface area contributed by atoms with E-state index in [1.165, 1.54) is 0 Å². The predicted octanol–water partition coefficient (Wildman–Crippen LogP) is 2.23. The molecule has 0 radical (unpaired) electrons. The zero-order chi connectivity index (χ0) is 15.0. The van der Waals surface area contributed by atoms with Gasteiger partial charge in [-0.3, -0.25) is 4.79 Å². The van der Waals surface area contributed by atoms with Gasteiger partial charge in [-0.1, -0.05) is 30.3 Å². The highest BCUT2D eigenvalue weighted by atomic mass is 16.2. The highest BCUT2D eigenvalue weighted by Crippen LogP contribution is 2.33. The Hall–Kier alpha value is -1.79. The largest absolute Gasteiger partial charge is 0.355 e. The molecule has 1 amide bonds. The first-order valence-electron chi connectivity index (χ1n) is 7.77. The molecule has 0 atom stereocenters. The zero-order valence-electron chi connectivity index (χ0n) is 12.5. The Bertz CT molecular complexity index is 484. The van der Waals surface area contributed by atoms with Gasteiger partial charge in [-0.25, -0.2) is 0 Å². The smallest absolute Gasteiger partial charge is 0.230 e. The van der Waals surface area contributed by atoms with Crippen LogP contribution < -0.4 is 10.6 Å². The summed E-state index contributed by atoms with van der Waals surface area (Å²) in [6.45, 7) is 2.49. The van der Waals surface area contributed by atoms with Crippen LogP contribution in [-0.2, 0) is 10.2 Å². The highest BCUT2D eigenvalue weighted by molar-refractivity contribution is 5.88. The number of hydrogen-bond acceptors (Lipinski definition) is 2. The molecule has 0 spiro atoms. The zero-order valence-corrected chi connectivity index (χ0v) is 12.5. The van der Waals surface area contributed by atoms with E-state index in [2.05, 4.69) is 28.7 Å². The molecule has 2 N–H and O–H groups in total. The van der Waals surface area contributed by atoms with E-state index >= 15 is 0 Å². The van der Waals surface area contributed by atoms with E-state index in [1.807, 2.05) is 18.2 Å². The maximum atomic E-state index is 12.8. The quantitative estimate of drug-likeness (QED) is 0.621. The molecule has 0 aliphatic carbocycles. The van der Waals surface area contributed by atoms with Crippen molar-refractivity contribution >= 4 is 5.91 Å². The van der Waals surface area contributed by atoms with Crippen LogP contribution in [0.5, 0.6) is 0 Å². The number of hydrogen-bond donors (Lipinski definition) is 2. The average Bonchev–Trinajstić information content (AvgIpc) is 2.56. The summed E-state index contributed by atoms with van der Waals surface area (Å²) in [5.41, 5.74) is 0.756. The number of benzene rings is 1. The van der Waals surface area contributed by atoms with E-state index < -0.39 is 0 Å². The molecule has 0 saturated carbocycles. The molecule has 1 aromatic rings. The number of carbonyl (C=O) groups excluding carboxylic acids is 1. The van der Waals surface area contributed by atoms with Crippen LogP contribution in [0.1, 0.15) is 37.7 Å². The molecule has 0 aromatic heterocycles. The molecule has 1 fully saturated rings. The Balaban J connectivity index is 2.03. The van der Waals surface area contributed by atoms with Crippen molar-refractivity contribution in [3.63, 3.8) is 0 Å². The standard InChI is InChI=1S/C18H24N2O/c1-2-3-4-8-13-20-17(21)18(11-14-19-15-12-18)16-9-6-5-7-10-16/h1,5-7,9-10,19H,3-4,8,11-15H2,(H,20,21). The second kappa shape index (κ2) is 7.85. The van der Waals surface area contributed by atoms with E-state index in [-0.39, 0.29) is 11.3 Å². The van der Waals surface area contributed by atoms with Crippen molar-refractivity contribution in [2.75, 3.05) is 19.6 Å². The lowest BCUT2D eigenvalue weighted by Gasteiger charge is -2.36. The number of unbranched alkanes of at least 4 members (excludes halogenated alkanes) is 2. The maximum Gasteiger partial charge on any atom is 0.230 e. The SMILES string of the molecule is C#CCCCCNC(=O)C1(c2ccccc2)CCNCC1. The Morgan fingerprint density at radius 2 is 1.95 bits per heavy atom. The third-order valence-corrected chi connectivity index (χ3v) is 4.25. The molecule has 21 heavy (non-hydrogen) atoms. The van der Waals surface area contributed by atoms with Crippen LogP contribution in [0.4, 0.5) is 0 Å². The Labute approximate surface area is 127 Å². The second-order valence-corrected chi connectivity index (χ2v) is 5.62. The van der Waals surface area contributed by atoms with Gasteiger partial charge < -0.3 is 10.6 Å². The first-order chi connectivity index (χ1) is 10.3. The summed E-state index contributed by atoms with van der Waals surface area (Å²) in [5.74, 6) is 2.79. The van der Waals surface area contributed by atoms with Gasteiger partial charge in [0.05, 0.1) is 5.41 Å². The molecule has 3 nitrogen and oxygen atoms in total. The van der Waals surface area contributed by atoms with Gasteiger partial charge in [0.2, 0.25) is 5.91 Å². The van der Waals surface area contributed by atoms with Crippen molar-refractivity contribution in [3.05, 3.63) is 35.9 Å². The summed E-state index contributed by atoms with van der Waals surface area (Å²) in [6.07, 6.45) is 9.64. The Kier molecular flexibility index (Phi) is 5.83. The summed E-state index contributed by atoms with van der Waals surface area (Å²) in [6, 6.07) is 10.2. The van der Waals surface area contributed by atoms with Gasteiger partial charge in [-0.15, -0.1) is 12.3 Å². The fourth-order valence-corrected chi connectivity index (χ4v) is 2.98. The fourth-order valence-electron chi connectivity index (χ4n) is 2.98. The number of rotatable bonds is 6. The minimum Gasteiger partial charge on any atom is -0.355 e. The van der Waals surface area contributed by atoms with Gasteiger partial charge in [0, 0.05) is 13.0 Å². The molecular formula is C18H24N2O. The van der Waals surface area contributed by atoms with Crippen molar-refractivity contribution in [1.82, 2.24) is 10.6 Å². The van der Waals surface area contributed by atoms with Crippen LogP contribution in [0.3, 0.4) is 0 Å². The van der Waals surface area contributed by atoms with Crippen LogP contribution in [0, 0.1) is 12.3 Å². The van der Waals surface area contributed by atoms with Crippen molar-refractivity contribution < 1.29 is 4.79 Å². The van der Waals surface area contributed by atoms with Crippen LogP contribution in [-0.4, -0.2) is 25.5 Å². The van der Waals surface area contributed by atoms with Gasteiger partial charge in [-0.2, -0.15) is 0 Å². The molecule has 2 rings (SSSR count). The summed E-state index contributed by atoms with van der Waals surface area (Å²) in [5, 5.41) is 6.46. The van der Waals surface area contributed by atoms with E-state index in [0.717, 1.165) is 50.8 Å². The van der Waals surface area contributed by atoms with Gasteiger partial charge in [-0.05, 0) is 44.3 Å². The van der Waals surface area contributed by atoms with Gasteiger partial charge >= 0.3 is 0 Å². The van der Waals surface area contributed by atoms with Crippen LogP contribution in [0.2, 0.25) is 0 Å². The summed E-state index contributed by atoms with van der Waals surface area (Å²) < 4.78 is 0. The minimum absolute atomic E-state index is 0.163. The van der Waals surface area contributed by atoms with Gasteiger partial charge in [0.25, 0.3) is 0 Å². The minimum atomic E-state index is -0.376.